The first-order valence-electron chi connectivity index (χ1n) is 11.2. The van der Waals surface area contributed by atoms with Crippen LogP contribution in [0.15, 0.2) is 6.07 Å². The van der Waals surface area contributed by atoms with Gasteiger partial charge in [-0.15, -0.1) is 38.1 Å². The first-order valence-corrected chi connectivity index (χ1v) is 14.2. The Kier molecular flexibility index (Phi) is 10.4. The molecule has 30 heavy (non-hydrogen) atoms. The SMILES string of the molecule is [CH2-]c1c(CP(C(C)(C)C)C(C)(C)C)c(C)cc(C)c1CP(C(C)(C)C)C(C)(C)C.[Ru+]. The van der Waals surface area contributed by atoms with Crippen LogP contribution in [0.1, 0.15) is 111 Å². The predicted molar refractivity (Wildman–Crippen MR) is 141 cm³/mol. The number of hydrogen-bond acceptors (Lipinski definition) is 0. The molecule has 0 unspecified atom stereocenters. The van der Waals surface area contributed by atoms with E-state index in [1.54, 1.807) is 0 Å². The molecule has 0 nitrogen and oxygen atoms in total. The molecule has 0 bridgehead atoms. The van der Waals surface area contributed by atoms with Crippen LogP contribution < -0.4 is 0 Å². The first-order chi connectivity index (χ1) is 12.7. The van der Waals surface area contributed by atoms with E-state index in [-0.39, 0.29) is 35.3 Å². The molecule has 175 valence electrons. The van der Waals surface area contributed by atoms with E-state index in [1.165, 1.54) is 40.1 Å². The fourth-order valence-corrected chi connectivity index (χ4v) is 12.3. The van der Waals surface area contributed by atoms with Crippen LogP contribution in [0.2, 0.25) is 0 Å². The number of benzene rings is 1. The van der Waals surface area contributed by atoms with Crippen molar-refractivity contribution < 1.29 is 19.5 Å². The predicted octanol–water partition coefficient (Wildman–Crippen LogP) is 9.64. The van der Waals surface area contributed by atoms with Crippen LogP contribution in [0.4, 0.5) is 0 Å². The van der Waals surface area contributed by atoms with Gasteiger partial charge in [0.2, 0.25) is 0 Å². The van der Waals surface area contributed by atoms with Crippen LogP contribution in [0.3, 0.4) is 0 Å². The summed E-state index contributed by atoms with van der Waals surface area (Å²) in [5.74, 6) is 0. The molecule has 1 radical (unpaired) electrons. The molecule has 1 aromatic carbocycles. The van der Waals surface area contributed by atoms with E-state index in [2.05, 4.69) is 103 Å². The van der Waals surface area contributed by atoms with Crippen molar-refractivity contribution in [2.75, 3.05) is 0 Å². The monoisotopic (exact) mass is 537 g/mol. The molecule has 0 amide bonds. The van der Waals surface area contributed by atoms with Gasteiger partial charge in [-0.05, 0) is 20.6 Å². The van der Waals surface area contributed by atoms with Gasteiger partial charge in [-0.3, -0.25) is 0 Å². The molecule has 0 fully saturated rings. The van der Waals surface area contributed by atoms with Gasteiger partial charge in [0.05, 0.1) is 0 Å². The maximum atomic E-state index is 4.70. The van der Waals surface area contributed by atoms with Gasteiger partial charge in [0.25, 0.3) is 0 Å². The third kappa shape index (κ3) is 7.86. The van der Waals surface area contributed by atoms with Crippen molar-refractivity contribution in [3.8, 4) is 0 Å². The van der Waals surface area contributed by atoms with Crippen LogP contribution in [0.5, 0.6) is 0 Å². The van der Waals surface area contributed by atoms with Crippen LogP contribution >= 0.6 is 15.8 Å². The van der Waals surface area contributed by atoms with Crippen molar-refractivity contribution in [2.24, 2.45) is 0 Å². The maximum Gasteiger partial charge on any atom is 1.00 e. The Hall–Kier alpha value is 0.573. The summed E-state index contributed by atoms with van der Waals surface area (Å²) in [6.07, 6.45) is 2.37. The van der Waals surface area contributed by atoms with Crippen molar-refractivity contribution in [3.63, 3.8) is 0 Å². The molecule has 0 aliphatic rings. The number of aryl methyl sites for hydroxylation is 2. The molecule has 0 N–H and O–H groups in total. The Bertz CT molecular complexity index is 621. The minimum Gasteiger partial charge on any atom is -0.198 e. The zero-order valence-corrected chi connectivity index (χ0v) is 26.0. The van der Waals surface area contributed by atoms with E-state index < -0.39 is 0 Å². The second-order valence-electron chi connectivity index (χ2n) is 12.8. The molecule has 0 atom stereocenters. The summed E-state index contributed by atoms with van der Waals surface area (Å²) >= 11 is 0. The van der Waals surface area contributed by atoms with Crippen molar-refractivity contribution in [1.82, 2.24) is 0 Å². The first kappa shape index (κ1) is 30.6. The summed E-state index contributed by atoms with van der Waals surface area (Å²) in [6.45, 7) is 38.4. The van der Waals surface area contributed by atoms with Gasteiger partial charge in [-0.25, -0.2) is 0 Å². The Morgan fingerprint density at radius 1 is 0.600 bits per heavy atom. The third-order valence-electron chi connectivity index (χ3n) is 5.99. The molecule has 0 saturated heterocycles. The van der Waals surface area contributed by atoms with Crippen LogP contribution in [0.25, 0.3) is 0 Å². The van der Waals surface area contributed by atoms with E-state index in [0.29, 0.717) is 20.6 Å². The van der Waals surface area contributed by atoms with Crippen molar-refractivity contribution in [1.29, 1.82) is 0 Å². The van der Waals surface area contributed by atoms with Crippen LogP contribution in [0, 0.1) is 20.8 Å². The summed E-state index contributed by atoms with van der Waals surface area (Å²) in [7, 11) is -0.347. The van der Waals surface area contributed by atoms with E-state index in [4.69, 9.17) is 6.92 Å². The molecular formula is C27H49P2Ru. The van der Waals surface area contributed by atoms with E-state index in [9.17, 15) is 0 Å². The Morgan fingerprint density at radius 2 is 0.833 bits per heavy atom. The van der Waals surface area contributed by atoms with Gasteiger partial charge in [0, 0.05) is 0 Å². The number of hydrogen-bond donors (Lipinski definition) is 0. The third-order valence-corrected chi connectivity index (χ3v) is 13.7. The van der Waals surface area contributed by atoms with Gasteiger partial charge >= 0.3 is 19.5 Å². The molecule has 0 aliphatic heterocycles. The summed E-state index contributed by atoms with van der Waals surface area (Å²) in [5.41, 5.74) is 7.27. The molecule has 0 spiro atoms. The minimum atomic E-state index is -0.174. The van der Waals surface area contributed by atoms with Crippen molar-refractivity contribution >= 4 is 15.8 Å². The quantitative estimate of drug-likeness (QED) is 0.204. The zero-order valence-electron chi connectivity index (χ0n) is 22.4. The van der Waals surface area contributed by atoms with Gasteiger partial charge in [0.1, 0.15) is 0 Å². The Balaban J connectivity index is 0.00000841. The largest absolute Gasteiger partial charge is 1.00 e. The average molecular weight is 537 g/mol. The Morgan fingerprint density at radius 3 is 1.03 bits per heavy atom. The molecule has 3 heteroatoms. The molecule has 0 aliphatic carbocycles. The van der Waals surface area contributed by atoms with Gasteiger partial charge in [-0.2, -0.15) is 12.5 Å². The molecular weight excluding hydrogens is 487 g/mol. The zero-order chi connectivity index (χ0) is 23.2. The summed E-state index contributed by atoms with van der Waals surface area (Å²) in [6, 6.07) is 2.44. The fraction of sp³-hybridized carbons (Fsp3) is 0.741. The van der Waals surface area contributed by atoms with Gasteiger partial charge in [0.15, 0.2) is 0 Å². The van der Waals surface area contributed by atoms with E-state index >= 15 is 0 Å². The summed E-state index contributed by atoms with van der Waals surface area (Å²) in [4.78, 5) is 0. The van der Waals surface area contributed by atoms with Gasteiger partial charge < -0.3 is 0 Å². The van der Waals surface area contributed by atoms with Crippen molar-refractivity contribution in [3.05, 3.63) is 40.8 Å². The smallest absolute Gasteiger partial charge is 0.198 e. The second kappa shape index (κ2) is 10.2. The molecule has 1 rings (SSSR count). The van der Waals surface area contributed by atoms with Crippen molar-refractivity contribution in [2.45, 2.75) is 130 Å². The standard InChI is InChI=1S/C27H49P2.Ru/c1-19-16-20(2)23(18-29(26(10,11)12)27(13,14)15)21(3)22(19)17-28(24(4,5)6)25(7,8)9;/h16H,3,17-18H2,1-2,4-15H3;/q-1;+1. The minimum absolute atomic E-state index is 0. The topological polar surface area (TPSA) is 0 Å². The summed E-state index contributed by atoms with van der Waals surface area (Å²) < 4.78 is 0. The molecule has 0 saturated carbocycles. The number of rotatable bonds is 4. The second-order valence-corrected chi connectivity index (χ2v) is 20.5. The molecule has 0 heterocycles. The van der Waals surface area contributed by atoms with Gasteiger partial charge in [-0.1, -0.05) is 115 Å². The molecule has 1 aromatic rings. The van der Waals surface area contributed by atoms with E-state index in [1.807, 2.05) is 0 Å². The van der Waals surface area contributed by atoms with Crippen LogP contribution in [-0.4, -0.2) is 20.6 Å². The fourth-order valence-electron chi connectivity index (χ4n) is 4.87. The molecule has 0 aromatic heterocycles. The average Bonchev–Trinajstić information content (AvgIpc) is 2.40. The normalized spacial score (nSPS) is 13.7. The Labute approximate surface area is 205 Å². The van der Waals surface area contributed by atoms with Crippen LogP contribution in [-0.2, 0) is 31.8 Å². The van der Waals surface area contributed by atoms with E-state index in [0.717, 1.165) is 0 Å². The maximum absolute atomic E-state index is 4.70. The summed E-state index contributed by atoms with van der Waals surface area (Å²) in [5, 5.41) is 1.34.